The van der Waals surface area contributed by atoms with Gasteiger partial charge < -0.3 is 0 Å². The van der Waals surface area contributed by atoms with Crippen LogP contribution >= 0.6 is 0 Å². The summed E-state index contributed by atoms with van der Waals surface area (Å²) in [5, 5.41) is 0. The van der Waals surface area contributed by atoms with Gasteiger partial charge in [0.05, 0.1) is 0 Å². The zero-order valence-electron chi connectivity index (χ0n) is 13.2. The molecular weight excluding hydrogens is 260 g/mol. The molecule has 1 unspecified atom stereocenters. The lowest BCUT2D eigenvalue weighted by Gasteiger charge is -2.57. The number of carbonyl (C=O) groups is 2. The average Bonchev–Trinajstić information content (AvgIpc) is 2.76. The Morgan fingerprint density at radius 3 is 2.71 bits per heavy atom. The van der Waals surface area contributed by atoms with Crippen molar-refractivity contribution in [1.29, 1.82) is 0 Å². The Bertz CT molecular complexity index is 534. The molecule has 0 bridgehead atoms. The van der Waals surface area contributed by atoms with E-state index in [0.717, 1.165) is 32.1 Å². The number of fused-ring (bicyclic) bond motifs is 5. The Balaban J connectivity index is 1.76. The first-order valence-corrected chi connectivity index (χ1v) is 8.70. The van der Waals surface area contributed by atoms with E-state index < -0.39 is 0 Å². The monoisotopic (exact) mass is 286 g/mol. The lowest BCUT2D eigenvalue weighted by molar-refractivity contribution is -0.149. The highest BCUT2D eigenvalue weighted by Crippen LogP contribution is 2.63. The van der Waals surface area contributed by atoms with E-state index >= 15 is 0 Å². The lowest BCUT2D eigenvalue weighted by Crippen LogP contribution is -2.55. The second-order valence-corrected chi connectivity index (χ2v) is 8.37. The predicted octanol–water partition coefficient (Wildman–Crippen LogP) is 3.94. The van der Waals surface area contributed by atoms with Crippen molar-refractivity contribution < 1.29 is 9.59 Å². The first kappa shape index (κ1) is 13.7. The van der Waals surface area contributed by atoms with Gasteiger partial charge in [-0.1, -0.05) is 26.0 Å². The fourth-order valence-corrected chi connectivity index (χ4v) is 6.27. The van der Waals surface area contributed by atoms with Gasteiger partial charge in [0.15, 0.2) is 0 Å². The SMILES string of the molecule is C[C@]12C=CCCC1CC(=O)[C@@H]1[C@H]2CC[C@]2(C)C(=O)CC[C@@H]12. The second kappa shape index (κ2) is 4.30. The van der Waals surface area contributed by atoms with E-state index in [1.807, 2.05) is 0 Å². The molecule has 0 radical (unpaired) electrons. The van der Waals surface area contributed by atoms with Gasteiger partial charge in [-0.25, -0.2) is 0 Å². The van der Waals surface area contributed by atoms with Crippen LogP contribution in [0.2, 0.25) is 0 Å². The molecular formula is C19H26O2. The van der Waals surface area contributed by atoms with Gasteiger partial charge in [0, 0.05) is 24.2 Å². The van der Waals surface area contributed by atoms with E-state index in [1.54, 1.807) is 0 Å². The van der Waals surface area contributed by atoms with Gasteiger partial charge in [0.1, 0.15) is 11.6 Å². The van der Waals surface area contributed by atoms with Gasteiger partial charge in [0.2, 0.25) is 0 Å². The van der Waals surface area contributed by atoms with Crippen LogP contribution in [0, 0.1) is 34.5 Å². The van der Waals surface area contributed by atoms with Crippen LogP contribution in [-0.4, -0.2) is 11.6 Å². The standard InChI is InChI=1S/C19H26O2/c1-18-9-4-3-5-12(18)11-15(20)17-13-6-7-16(21)19(13,2)10-8-14(17)18/h4,9,12-14,17H,3,5-8,10-11H2,1-2H3/t12?,13-,14+,17-,18-,19-/m0/s1. The molecule has 0 aromatic rings. The number of ketones is 2. The Labute approximate surface area is 127 Å². The van der Waals surface area contributed by atoms with Gasteiger partial charge >= 0.3 is 0 Å². The maximum Gasteiger partial charge on any atom is 0.139 e. The summed E-state index contributed by atoms with van der Waals surface area (Å²) in [5.41, 5.74) is 0.00218. The fourth-order valence-electron chi connectivity index (χ4n) is 6.27. The molecule has 0 aliphatic heterocycles. The van der Waals surface area contributed by atoms with E-state index in [-0.39, 0.29) is 16.7 Å². The summed E-state index contributed by atoms with van der Waals surface area (Å²) in [6, 6.07) is 0. The van der Waals surface area contributed by atoms with E-state index in [0.29, 0.717) is 35.7 Å². The second-order valence-electron chi connectivity index (χ2n) is 8.37. The number of hydrogen-bond donors (Lipinski definition) is 0. The highest BCUT2D eigenvalue weighted by molar-refractivity contribution is 5.90. The van der Waals surface area contributed by atoms with E-state index in [4.69, 9.17) is 0 Å². The highest BCUT2D eigenvalue weighted by atomic mass is 16.1. The molecule has 0 aromatic heterocycles. The van der Waals surface area contributed by atoms with Crippen LogP contribution in [0.1, 0.15) is 58.8 Å². The fraction of sp³-hybridized carbons (Fsp3) is 0.789. The zero-order valence-corrected chi connectivity index (χ0v) is 13.2. The topological polar surface area (TPSA) is 34.1 Å². The number of rotatable bonds is 0. The molecule has 3 saturated carbocycles. The minimum atomic E-state index is -0.196. The van der Waals surface area contributed by atoms with Crippen molar-refractivity contribution in [2.45, 2.75) is 58.8 Å². The Morgan fingerprint density at radius 2 is 1.90 bits per heavy atom. The van der Waals surface area contributed by atoms with Gasteiger partial charge in [-0.05, 0) is 55.3 Å². The minimum absolute atomic E-state index is 0.152. The summed E-state index contributed by atoms with van der Waals surface area (Å²) in [5.74, 6) is 2.39. The summed E-state index contributed by atoms with van der Waals surface area (Å²) >= 11 is 0. The average molecular weight is 286 g/mol. The summed E-state index contributed by atoms with van der Waals surface area (Å²) in [4.78, 5) is 25.2. The molecule has 0 saturated heterocycles. The van der Waals surface area contributed by atoms with Crippen LogP contribution in [0.3, 0.4) is 0 Å². The van der Waals surface area contributed by atoms with Crippen molar-refractivity contribution in [1.82, 2.24) is 0 Å². The summed E-state index contributed by atoms with van der Waals surface area (Å²) in [6.07, 6.45) is 11.5. The molecule has 4 aliphatic rings. The van der Waals surface area contributed by atoms with Gasteiger partial charge in [0.25, 0.3) is 0 Å². The number of carbonyl (C=O) groups excluding carboxylic acids is 2. The largest absolute Gasteiger partial charge is 0.299 e. The summed E-state index contributed by atoms with van der Waals surface area (Å²) in [6.45, 7) is 4.53. The Morgan fingerprint density at radius 1 is 1.10 bits per heavy atom. The predicted molar refractivity (Wildman–Crippen MR) is 81.6 cm³/mol. The lowest BCUT2D eigenvalue weighted by atomic mass is 9.46. The van der Waals surface area contributed by atoms with Crippen LogP contribution in [0.25, 0.3) is 0 Å². The van der Waals surface area contributed by atoms with Crippen molar-refractivity contribution >= 4 is 11.6 Å². The quantitative estimate of drug-likeness (QED) is 0.632. The molecule has 0 aromatic carbocycles. The third-order valence-corrected chi connectivity index (χ3v) is 7.64. The molecule has 0 N–H and O–H groups in total. The van der Waals surface area contributed by atoms with Crippen LogP contribution < -0.4 is 0 Å². The first-order chi connectivity index (χ1) is 9.97. The number of Topliss-reactive ketones (excluding diaryl/α,β-unsaturated/α-hetero) is 2. The maximum absolute atomic E-state index is 12.9. The van der Waals surface area contributed by atoms with Crippen molar-refractivity contribution in [3.8, 4) is 0 Å². The molecule has 0 amide bonds. The summed E-state index contributed by atoms with van der Waals surface area (Å²) < 4.78 is 0. The van der Waals surface area contributed by atoms with Crippen LogP contribution in [0.5, 0.6) is 0 Å². The first-order valence-electron chi connectivity index (χ1n) is 8.70. The van der Waals surface area contributed by atoms with E-state index in [2.05, 4.69) is 26.0 Å². The van der Waals surface area contributed by atoms with E-state index in [1.165, 1.54) is 6.42 Å². The van der Waals surface area contributed by atoms with Crippen LogP contribution in [0.4, 0.5) is 0 Å². The number of allylic oxidation sites excluding steroid dienone is 2. The molecule has 4 aliphatic carbocycles. The van der Waals surface area contributed by atoms with Crippen molar-refractivity contribution in [3.05, 3.63) is 12.2 Å². The molecule has 0 spiro atoms. The van der Waals surface area contributed by atoms with Crippen molar-refractivity contribution in [2.75, 3.05) is 0 Å². The van der Waals surface area contributed by atoms with Crippen LogP contribution in [0.15, 0.2) is 12.2 Å². The molecule has 4 rings (SSSR count). The molecule has 114 valence electrons. The molecule has 2 nitrogen and oxygen atoms in total. The number of hydrogen-bond acceptors (Lipinski definition) is 2. The van der Waals surface area contributed by atoms with Gasteiger partial charge in [-0.2, -0.15) is 0 Å². The molecule has 3 fully saturated rings. The van der Waals surface area contributed by atoms with Gasteiger partial charge in [-0.3, -0.25) is 9.59 Å². The minimum Gasteiger partial charge on any atom is -0.299 e. The van der Waals surface area contributed by atoms with Crippen molar-refractivity contribution in [2.24, 2.45) is 34.5 Å². The third-order valence-electron chi connectivity index (χ3n) is 7.64. The molecule has 21 heavy (non-hydrogen) atoms. The summed E-state index contributed by atoms with van der Waals surface area (Å²) in [7, 11) is 0. The Kier molecular flexibility index (Phi) is 2.81. The van der Waals surface area contributed by atoms with E-state index in [9.17, 15) is 9.59 Å². The normalized spacial score (nSPS) is 52.3. The Hall–Kier alpha value is -0.920. The highest BCUT2D eigenvalue weighted by Gasteiger charge is 2.61. The third kappa shape index (κ3) is 1.65. The molecule has 2 heteroatoms. The molecule has 0 heterocycles. The molecule has 6 atom stereocenters. The van der Waals surface area contributed by atoms with Crippen molar-refractivity contribution in [3.63, 3.8) is 0 Å². The van der Waals surface area contributed by atoms with Gasteiger partial charge in [-0.15, -0.1) is 0 Å². The maximum atomic E-state index is 12.9. The van der Waals surface area contributed by atoms with Crippen LogP contribution in [-0.2, 0) is 9.59 Å². The zero-order chi connectivity index (χ0) is 14.8. The smallest absolute Gasteiger partial charge is 0.139 e.